The van der Waals surface area contributed by atoms with E-state index in [9.17, 15) is 4.79 Å². The molecule has 0 radical (unpaired) electrons. The van der Waals surface area contributed by atoms with Gasteiger partial charge in [-0.2, -0.15) is 5.10 Å². The van der Waals surface area contributed by atoms with Gasteiger partial charge < -0.3 is 10.6 Å². The monoisotopic (exact) mass is 419 g/mol. The number of carbonyl (C=O) groups is 1. The molecule has 6 nitrogen and oxygen atoms in total. The normalized spacial score (nSPS) is 18.2. The molecule has 3 heterocycles. The molecular formula is C20H23Cl2N5O. The topological polar surface area (TPSA) is 77.0 Å². The van der Waals surface area contributed by atoms with Crippen molar-refractivity contribution in [1.29, 1.82) is 0 Å². The summed E-state index contributed by atoms with van der Waals surface area (Å²) >= 11 is 0. The predicted molar refractivity (Wildman–Crippen MR) is 113 cm³/mol. The van der Waals surface area contributed by atoms with Crippen molar-refractivity contribution in [3.05, 3.63) is 78.4 Å². The molecule has 8 heteroatoms. The zero-order valence-corrected chi connectivity index (χ0v) is 16.9. The van der Waals surface area contributed by atoms with Gasteiger partial charge in [0.25, 0.3) is 5.91 Å². The van der Waals surface area contributed by atoms with Gasteiger partial charge in [0, 0.05) is 37.6 Å². The van der Waals surface area contributed by atoms with E-state index < -0.39 is 0 Å². The number of benzene rings is 1. The van der Waals surface area contributed by atoms with Crippen LogP contribution in [0.4, 0.5) is 0 Å². The molecule has 28 heavy (non-hydrogen) atoms. The lowest BCUT2D eigenvalue weighted by molar-refractivity contribution is 0.0780. The van der Waals surface area contributed by atoms with Crippen LogP contribution >= 0.6 is 24.8 Å². The molecule has 0 saturated carbocycles. The van der Waals surface area contributed by atoms with E-state index in [1.165, 1.54) is 5.56 Å². The minimum Gasteiger partial charge on any atom is -0.336 e. The van der Waals surface area contributed by atoms with Crippen molar-refractivity contribution in [2.24, 2.45) is 11.7 Å². The molecule has 1 amide bonds. The van der Waals surface area contributed by atoms with Crippen LogP contribution in [0.3, 0.4) is 0 Å². The van der Waals surface area contributed by atoms with Crippen LogP contribution < -0.4 is 5.73 Å². The number of hydrogen-bond acceptors (Lipinski definition) is 4. The van der Waals surface area contributed by atoms with E-state index >= 15 is 0 Å². The Kier molecular flexibility index (Phi) is 7.57. The Morgan fingerprint density at radius 3 is 2.54 bits per heavy atom. The minimum atomic E-state index is -0.0594. The zero-order chi connectivity index (χ0) is 17.9. The Bertz CT molecular complexity index is 889. The van der Waals surface area contributed by atoms with Gasteiger partial charge in [0.15, 0.2) is 0 Å². The second kappa shape index (κ2) is 9.68. The average Bonchev–Trinajstić information content (AvgIpc) is 3.38. The third-order valence-corrected chi connectivity index (χ3v) is 4.99. The Balaban J connectivity index is 0.00000140. The summed E-state index contributed by atoms with van der Waals surface area (Å²) < 4.78 is 1.72. The van der Waals surface area contributed by atoms with Gasteiger partial charge in [-0.15, -0.1) is 24.8 Å². The highest BCUT2D eigenvalue weighted by Crippen LogP contribution is 2.32. The first-order chi connectivity index (χ1) is 12.8. The maximum atomic E-state index is 13.0. The van der Waals surface area contributed by atoms with Crippen LogP contribution in [0.5, 0.6) is 0 Å². The Morgan fingerprint density at radius 2 is 1.86 bits per heavy atom. The van der Waals surface area contributed by atoms with E-state index in [0.29, 0.717) is 25.3 Å². The quantitative estimate of drug-likeness (QED) is 0.704. The lowest BCUT2D eigenvalue weighted by Gasteiger charge is -2.17. The fourth-order valence-corrected chi connectivity index (χ4v) is 3.62. The number of rotatable bonds is 4. The Hall–Kier alpha value is -2.41. The summed E-state index contributed by atoms with van der Waals surface area (Å²) in [5.74, 6) is 0.464. The lowest BCUT2D eigenvalue weighted by Crippen LogP contribution is -2.30. The van der Waals surface area contributed by atoms with Crippen LogP contribution in [0.15, 0.2) is 67.1 Å². The maximum absolute atomic E-state index is 13.0. The number of nitrogens with zero attached hydrogens (tertiary/aromatic N) is 4. The first-order valence-electron chi connectivity index (χ1n) is 8.76. The minimum absolute atomic E-state index is 0. The predicted octanol–water partition coefficient (Wildman–Crippen LogP) is 2.93. The Labute approximate surface area is 176 Å². The molecule has 0 spiro atoms. The summed E-state index contributed by atoms with van der Waals surface area (Å²) in [6, 6.07) is 15.7. The van der Waals surface area contributed by atoms with Gasteiger partial charge in [-0.3, -0.25) is 9.78 Å². The number of nitrogens with two attached hydrogens (primary N) is 1. The van der Waals surface area contributed by atoms with E-state index in [1.54, 1.807) is 23.1 Å². The van der Waals surface area contributed by atoms with E-state index in [4.69, 9.17) is 5.73 Å². The molecule has 1 aromatic carbocycles. The number of amides is 1. The molecule has 1 aliphatic heterocycles. The zero-order valence-electron chi connectivity index (χ0n) is 15.2. The van der Waals surface area contributed by atoms with Crippen LogP contribution in [0.2, 0.25) is 0 Å². The highest BCUT2D eigenvalue weighted by molar-refractivity contribution is 5.93. The van der Waals surface area contributed by atoms with Gasteiger partial charge in [-0.05, 0) is 36.2 Å². The van der Waals surface area contributed by atoms with Crippen molar-refractivity contribution in [2.45, 2.75) is 5.92 Å². The molecule has 4 rings (SSSR count). The highest BCUT2D eigenvalue weighted by Gasteiger charge is 2.36. The Morgan fingerprint density at radius 1 is 1.07 bits per heavy atom. The standard InChI is InChI=1S/C20H21N5O.2ClH/c21-12-16-13-24(14-18(16)15-5-2-1-3-6-15)20(26)19-11-17(7-9-22-19)25-10-4-8-23-25;;/h1-11,16,18H,12-14,21H2;2*1H/t16-,18+;;/m1../s1. The summed E-state index contributed by atoms with van der Waals surface area (Å²) in [4.78, 5) is 19.1. The summed E-state index contributed by atoms with van der Waals surface area (Å²) in [7, 11) is 0. The molecule has 0 bridgehead atoms. The van der Waals surface area contributed by atoms with Crippen molar-refractivity contribution in [3.8, 4) is 5.69 Å². The summed E-state index contributed by atoms with van der Waals surface area (Å²) in [6.45, 7) is 1.88. The average molecular weight is 420 g/mol. The van der Waals surface area contributed by atoms with Crippen LogP contribution in [0, 0.1) is 5.92 Å². The number of hydrogen-bond donors (Lipinski definition) is 1. The second-order valence-corrected chi connectivity index (χ2v) is 6.57. The first-order valence-corrected chi connectivity index (χ1v) is 8.76. The largest absolute Gasteiger partial charge is 0.336 e. The summed E-state index contributed by atoms with van der Waals surface area (Å²) in [5, 5.41) is 4.21. The molecule has 148 valence electrons. The molecule has 0 aliphatic carbocycles. The molecular weight excluding hydrogens is 397 g/mol. The van der Waals surface area contributed by atoms with Crippen molar-refractivity contribution >= 4 is 30.7 Å². The van der Waals surface area contributed by atoms with Gasteiger partial charge >= 0.3 is 0 Å². The fraction of sp³-hybridized carbons (Fsp3) is 0.250. The molecule has 0 unspecified atom stereocenters. The second-order valence-electron chi connectivity index (χ2n) is 6.57. The lowest BCUT2D eigenvalue weighted by atomic mass is 9.89. The molecule has 1 saturated heterocycles. The number of likely N-dealkylation sites (tertiary alicyclic amines) is 1. The highest BCUT2D eigenvalue weighted by atomic mass is 35.5. The summed E-state index contributed by atoms with van der Waals surface area (Å²) in [5.41, 5.74) is 8.47. The summed E-state index contributed by atoms with van der Waals surface area (Å²) in [6.07, 6.45) is 5.20. The van der Waals surface area contributed by atoms with Crippen LogP contribution in [-0.4, -0.2) is 45.2 Å². The molecule has 2 aromatic heterocycles. The van der Waals surface area contributed by atoms with Gasteiger partial charge in [-0.1, -0.05) is 30.3 Å². The molecule has 1 fully saturated rings. The van der Waals surface area contributed by atoms with Crippen molar-refractivity contribution < 1.29 is 4.79 Å². The number of halogens is 2. The third-order valence-electron chi connectivity index (χ3n) is 4.99. The van der Waals surface area contributed by atoms with E-state index in [1.807, 2.05) is 41.4 Å². The fourth-order valence-electron chi connectivity index (χ4n) is 3.62. The SMILES string of the molecule is Cl.Cl.NC[C@@H]1CN(C(=O)c2cc(-n3cccn3)ccn2)C[C@H]1c1ccccc1. The van der Waals surface area contributed by atoms with Gasteiger partial charge in [-0.25, -0.2) is 4.68 Å². The van der Waals surface area contributed by atoms with E-state index in [0.717, 1.165) is 5.69 Å². The van der Waals surface area contributed by atoms with Gasteiger partial charge in [0.1, 0.15) is 5.69 Å². The number of aromatic nitrogens is 3. The smallest absolute Gasteiger partial charge is 0.272 e. The van der Waals surface area contributed by atoms with Gasteiger partial charge in [0.05, 0.1) is 5.69 Å². The number of pyridine rings is 1. The molecule has 2 N–H and O–H groups in total. The van der Waals surface area contributed by atoms with Crippen molar-refractivity contribution in [3.63, 3.8) is 0 Å². The van der Waals surface area contributed by atoms with Crippen LogP contribution in [0.25, 0.3) is 5.69 Å². The van der Waals surface area contributed by atoms with Crippen LogP contribution in [-0.2, 0) is 0 Å². The van der Waals surface area contributed by atoms with Gasteiger partial charge in [0.2, 0.25) is 0 Å². The van der Waals surface area contributed by atoms with E-state index in [-0.39, 0.29) is 42.6 Å². The molecule has 3 aromatic rings. The first kappa shape index (κ1) is 21.9. The van der Waals surface area contributed by atoms with E-state index in [2.05, 4.69) is 22.2 Å². The molecule has 2 atom stereocenters. The maximum Gasteiger partial charge on any atom is 0.272 e. The number of carbonyl (C=O) groups excluding carboxylic acids is 1. The third kappa shape index (κ3) is 4.35. The van der Waals surface area contributed by atoms with Crippen molar-refractivity contribution in [1.82, 2.24) is 19.7 Å². The van der Waals surface area contributed by atoms with Crippen molar-refractivity contribution in [2.75, 3.05) is 19.6 Å². The molecule has 1 aliphatic rings. The van der Waals surface area contributed by atoms with Crippen LogP contribution in [0.1, 0.15) is 22.0 Å².